The third kappa shape index (κ3) is 4.22. The van der Waals surface area contributed by atoms with Gasteiger partial charge in [0, 0.05) is 18.3 Å². The van der Waals surface area contributed by atoms with Crippen LogP contribution in [-0.4, -0.2) is 17.7 Å². The molecule has 1 rings (SSSR count). The zero-order chi connectivity index (χ0) is 13.6. The maximum Gasteiger partial charge on any atom is 0.330 e. The maximum atomic E-state index is 12.0. The Kier molecular flexibility index (Phi) is 5.47. The molecule has 1 unspecified atom stereocenters. The highest BCUT2D eigenvalue weighted by Gasteiger charge is 2.21. The molecule has 0 aliphatic heterocycles. The van der Waals surface area contributed by atoms with E-state index in [1.165, 1.54) is 12.1 Å². The van der Waals surface area contributed by atoms with Crippen molar-refractivity contribution in [3.63, 3.8) is 0 Å². The summed E-state index contributed by atoms with van der Waals surface area (Å²) in [6, 6.07) is 6.03. The van der Waals surface area contributed by atoms with E-state index in [-0.39, 0.29) is 18.5 Å². The van der Waals surface area contributed by atoms with E-state index in [0.29, 0.717) is 12.2 Å². The lowest BCUT2D eigenvalue weighted by molar-refractivity contribution is -0.384. The number of rotatable bonds is 7. The van der Waals surface area contributed by atoms with Gasteiger partial charge in [0.25, 0.3) is 5.69 Å². The molecule has 0 saturated heterocycles. The van der Waals surface area contributed by atoms with E-state index < -0.39 is 12.5 Å². The summed E-state index contributed by atoms with van der Waals surface area (Å²) >= 11 is 0. The van der Waals surface area contributed by atoms with Gasteiger partial charge in [-0.1, -0.05) is 19.1 Å². The first kappa shape index (κ1) is 14.8. The van der Waals surface area contributed by atoms with Gasteiger partial charge in [-0.2, -0.15) is 0 Å². The van der Waals surface area contributed by atoms with E-state index in [4.69, 9.17) is 9.05 Å². The van der Waals surface area contributed by atoms with E-state index in [9.17, 15) is 14.7 Å². The smallest absolute Gasteiger partial charge is 0.309 e. The van der Waals surface area contributed by atoms with Gasteiger partial charge in [0.2, 0.25) is 0 Å². The summed E-state index contributed by atoms with van der Waals surface area (Å²) in [5.74, 6) is 0. The molecule has 0 spiro atoms. The van der Waals surface area contributed by atoms with Crippen LogP contribution in [0.25, 0.3) is 0 Å². The lowest BCUT2D eigenvalue weighted by Gasteiger charge is -2.15. The van der Waals surface area contributed by atoms with Crippen molar-refractivity contribution in [2.45, 2.75) is 20.5 Å². The number of hydrogen-bond donors (Lipinski definition) is 0. The van der Waals surface area contributed by atoms with Crippen molar-refractivity contribution in [1.29, 1.82) is 0 Å². The van der Waals surface area contributed by atoms with Crippen LogP contribution >= 0.6 is 7.60 Å². The topological polar surface area (TPSA) is 78.7 Å². The minimum Gasteiger partial charge on any atom is -0.309 e. The molecule has 6 nitrogen and oxygen atoms in total. The summed E-state index contributed by atoms with van der Waals surface area (Å²) in [5, 5.41) is 10.6. The summed E-state index contributed by atoms with van der Waals surface area (Å²) in [6.07, 6.45) is 0.274. The summed E-state index contributed by atoms with van der Waals surface area (Å²) in [5.41, 5.74) is 0.580. The number of nitrogens with zero attached hydrogens (tertiary/aromatic N) is 1. The molecule has 0 saturated carbocycles. The molecule has 1 aromatic carbocycles. The van der Waals surface area contributed by atoms with Crippen molar-refractivity contribution in [3.8, 4) is 0 Å². The van der Waals surface area contributed by atoms with Crippen LogP contribution in [0.4, 0.5) is 5.69 Å². The molecule has 1 atom stereocenters. The van der Waals surface area contributed by atoms with Crippen LogP contribution in [-0.2, 0) is 20.2 Å². The summed E-state index contributed by atoms with van der Waals surface area (Å²) in [4.78, 5) is 10.1. The largest absolute Gasteiger partial charge is 0.330 e. The van der Waals surface area contributed by atoms with Crippen LogP contribution in [0.15, 0.2) is 24.3 Å². The number of benzene rings is 1. The third-order valence-corrected chi connectivity index (χ3v) is 4.21. The van der Waals surface area contributed by atoms with Crippen LogP contribution in [0, 0.1) is 10.1 Å². The highest BCUT2D eigenvalue weighted by Crippen LogP contribution is 2.48. The Morgan fingerprint density at radius 2 is 2.06 bits per heavy atom. The van der Waals surface area contributed by atoms with Crippen LogP contribution in [0.3, 0.4) is 0 Å². The lowest BCUT2D eigenvalue weighted by Crippen LogP contribution is -1.99. The summed E-state index contributed by atoms with van der Waals surface area (Å²) in [6.45, 7) is 3.79. The van der Waals surface area contributed by atoms with Crippen molar-refractivity contribution in [1.82, 2.24) is 0 Å². The van der Waals surface area contributed by atoms with E-state index in [2.05, 4.69) is 0 Å². The Balaban J connectivity index is 2.71. The Morgan fingerprint density at radius 3 is 2.61 bits per heavy atom. The zero-order valence-electron chi connectivity index (χ0n) is 10.4. The van der Waals surface area contributed by atoms with Crippen LogP contribution in [0.1, 0.15) is 19.4 Å². The van der Waals surface area contributed by atoms with Gasteiger partial charge in [0.15, 0.2) is 0 Å². The molecule has 0 N–H and O–H groups in total. The van der Waals surface area contributed by atoms with Crippen molar-refractivity contribution in [2.24, 2.45) is 0 Å². The molecule has 0 fully saturated rings. The highest BCUT2D eigenvalue weighted by molar-refractivity contribution is 7.53. The highest BCUT2D eigenvalue weighted by atomic mass is 31.2. The van der Waals surface area contributed by atoms with Crippen LogP contribution < -0.4 is 0 Å². The number of nitro groups is 1. The predicted octanol–water partition coefficient (Wildman–Crippen LogP) is 3.36. The van der Waals surface area contributed by atoms with E-state index in [1.807, 2.05) is 0 Å². The second kappa shape index (κ2) is 6.64. The first-order valence-corrected chi connectivity index (χ1v) is 7.35. The van der Waals surface area contributed by atoms with Gasteiger partial charge >= 0.3 is 7.60 Å². The van der Waals surface area contributed by atoms with Crippen molar-refractivity contribution in [2.75, 3.05) is 12.8 Å². The van der Waals surface area contributed by atoms with Gasteiger partial charge < -0.3 is 9.05 Å². The third-order valence-electron chi connectivity index (χ3n) is 2.26. The van der Waals surface area contributed by atoms with Gasteiger partial charge in [0.1, 0.15) is 0 Å². The molecule has 0 radical (unpaired) electrons. The molecule has 100 valence electrons. The SMILES string of the molecule is CCOP(=O)(CC)OCc1cccc([N+](=O)[O-])c1. The quantitative estimate of drug-likeness (QED) is 0.432. The number of non-ortho nitro benzene ring substituents is 1. The molecule has 0 aliphatic rings. The Morgan fingerprint density at radius 1 is 1.33 bits per heavy atom. The fourth-order valence-electron chi connectivity index (χ4n) is 1.35. The molecule has 0 amide bonds. The Labute approximate surface area is 106 Å². The van der Waals surface area contributed by atoms with Crippen molar-refractivity contribution >= 4 is 13.3 Å². The minimum absolute atomic E-state index is 0.0150. The summed E-state index contributed by atoms with van der Waals surface area (Å²) < 4.78 is 22.3. The molecule has 18 heavy (non-hydrogen) atoms. The first-order chi connectivity index (χ1) is 8.50. The van der Waals surface area contributed by atoms with Crippen molar-refractivity contribution in [3.05, 3.63) is 39.9 Å². The standard InChI is InChI=1S/C11H16NO5P/c1-3-16-18(15,4-2)17-9-10-6-5-7-11(8-10)12(13)14/h5-8H,3-4,9H2,1-2H3. The Bertz CT molecular complexity index is 463. The van der Waals surface area contributed by atoms with E-state index >= 15 is 0 Å². The average molecular weight is 273 g/mol. The molecule has 0 heterocycles. The minimum atomic E-state index is -3.07. The molecule has 0 bridgehead atoms. The van der Waals surface area contributed by atoms with Crippen LogP contribution in [0.2, 0.25) is 0 Å². The average Bonchev–Trinajstić information content (AvgIpc) is 2.37. The van der Waals surface area contributed by atoms with Gasteiger partial charge in [-0.15, -0.1) is 0 Å². The first-order valence-electron chi connectivity index (χ1n) is 5.62. The molecular formula is C11H16NO5P. The normalized spacial score (nSPS) is 14.1. The second-order valence-electron chi connectivity index (χ2n) is 3.55. The number of nitro benzene ring substituents is 1. The molecular weight excluding hydrogens is 257 g/mol. The van der Waals surface area contributed by atoms with E-state index in [1.54, 1.807) is 26.0 Å². The maximum absolute atomic E-state index is 12.0. The molecule has 1 aromatic rings. The Hall–Kier alpha value is -1.23. The van der Waals surface area contributed by atoms with Crippen molar-refractivity contribution < 1.29 is 18.5 Å². The van der Waals surface area contributed by atoms with Gasteiger partial charge in [-0.3, -0.25) is 14.7 Å². The molecule has 0 aromatic heterocycles. The van der Waals surface area contributed by atoms with Gasteiger partial charge in [-0.25, -0.2) is 0 Å². The number of hydrogen-bond acceptors (Lipinski definition) is 5. The monoisotopic (exact) mass is 273 g/mol. The summed E-state index contributed by atoms with van der Waals surface area (Å²) in [7, 11) is -3.07. The fourth-order valence-corrected chi connectivity index (χ4v) is 2.53. The second-order valence-corrected chi connectivity index (χ2v) is 5.92. The molecule has 0 aliphatic carbocycles. The van der Waals surface area contributed by atoms with Gasteiger partial charge in [0.05, 0.1) is 18.1 Å². The predicted molar refractivity (Wildman–Crippen MR) is 67.7 cm³/mol. The van der Waals surface area contributed by atoms with Gasteiger partial charge in [-0.05, 0) is 12.5 Å². The van der Waals surface area contributed by atoms with E-state index in [0.717, 1.165) is 0 Å². The fraction of sp³-hybridized carbons (Fsp3) is 0.455. The van der Waals surface area contributed by atoms with Crippen LogP contribution in [0.5, 0.6) is 0 Å². The molecule has 7 heteroatoms. The zero-order valence-corrected chi connectivity index (χ0v) is 11.3. The lowest BCUT2D eigenvalue weighted by atomic mass is 10.2.